The molecule has 1 N–H and O–H groups in total. The maximum absolute atomic E-state index is 11.5. The van der Waals surface area contributed by atoms with Crippen molar-refractivity contribution in [3.63, 3.8) is 0 Å². The Hall–Kier alpha value is -3.21. The maximum atomic E-state index is 11.5. The number of hydrogen-bond donors (Lipinski definition) is 1. The molecule has 27 heavy (non-hydrogen) atoms. The van der Waals surface area contributed by atoms with Crippen molar-refractivity contribution in [3.05, 3.63) is 60.9 Å². The Kier molecular flexibility index (Phi) is 4.59. The average molecular weight is 359 g/mol. The van der Waals surface area contributed by atoms with E-state index in [1.807, 2.05) is 30.3 Å². The number of anilines is 1. The van der Waals surface area contributed by atoms with Crippen LogP contribution in [0.25, 0.3) is 28.1 Å². The summed E-state index contributed by atoms with van der Waals surface area (Å²) < 4.78 is 0. The fraction of sp³-hybridized carbons (Fsp3) is 0.227. The molecule has 5 nitrogen and oxygen atoms in total. The lowest BCUT2D eigenvalue weighted by atomic mass is 9.96. The van der Waals surface area contributed by atoms with E-state index < -0.39 is 5.97 Å². The fourth-order valence-corrected chi connectivity index (χ4v) is 3.78. The van der Waals surface area contributed by atoms with Crippen molar-refractivity contribution in [2.45, 2.75) is 12.8 Å². The summed E-state index contributed by atoms with van der Waals surface area (Å²) in [7, 11) is 0. The molecule has 5 heteroatoms. The number of benzene rings is 2. The molecule has 1 saturated heterocycles. The van der Waals surface area contributed by atoms with Crippen molar-refractivity contribution >= 4 is 28.8 Å². The first-order valence-electron chi connectivity index (χ1n) is 9.11. The molecule has 136 valence electrons. The number of carboxylic acid groups (broad SMARTS) is 1. The molecule has 2 aromatic carbocycles. The number of aliphatic carboxylic acids is 1. The van der Waals surface area contributed by atoms with Gasteiger partial charge < -0.3 is 10.0 Å². The first-order valence-corrected chi connectivity index (χ1v) is 9.11. The minimum atomic E-state index is -0.739. The summed E-state index contributed by atoms with van der Waals surface area (Å²) in [5.74, 6) is -0.289. The van der Waals surface area contributed by atoms with Crippen LogP contribution < -0.4 is 4.90 Å². The Balaban J connectivity index is 1.87. The molecule has 1 unspecified atom stereocenters. The summed E-state index contributed by atoms with van der Waals surface area (Å²) in [5.41, 5.74) is 4.02. The third-order valence-corrected chi connectivity index (χ3v) is 5.15. The second-order valence-electron chi connectivity index (χ2n) is 6.85. The van der Waals surface area contributed by atoms with Crippen LogP contribution in [0.15, 0.2) is 55.4 Å². The molecule has 1 aliphatic heterocycles. The highest BCUT2D eigenvalue weighted by Crippen LogP contribution is 2.35. The van der Waals surface area contributed by atoms with Crippen LogP contribution in [0, 0.1) is 5.92 Å². The molecule has 1 aromatic heterocycles. The van der Waals surface area contributed by atoms with Gasteiger partial charge in [-0.25, -0.2) is 9.97 Å². The first-order chi connectivity index (χ1) is 13.2. The standard InChI is InChI=1S/C22H21N3O2/c1-2-15-6-3-7-16(12-15)18-9-4-10-19-20(18)21(24-14-23-19)25-11-5-8-17(13-25)22(26)27/h2-4,6-7,9-10,12,14,17H,1,5,8,11,13H2,(H,26,27). The SMILES string of the molecule is C=Cc1cccc(-c2cccc3ncnc(N4CCCC(C(=O)O)C4)c23)c1. The number of nitrogens with zero attached hydrogens (tertiary/aromatic N) is 3. The minimum absolute atomic E-state index is 0.361. The molecule has 4 rings (SSSR count). The monoisotopic (exact) mass is 359 g/mol. The third-order valence-electron chi connectivity index (χ3n) is 5.15. The summed E-state index contributed by atoms with van der Waals surface area (Å²) in [5, 5.41) is 10.4. The van der Waals surface area contributed by atoms with Crippen LogP contribution in [0.1, 0.15) is 18.4 Å². The zero-order chi connectivity index (χ0) is 18.8. The van der Waals surface area contributed by atoms with Gasteiger partial charge in [-0.3, -0.25) is 4.79 Å². The zero-order valence-corrected chi connectivity index (χ0v) is 15.0. The van der Waals surface area contributed by atoms with Gasteiger partial charge in [0.1, 0.15) is 12.1 Å². The predicted octanol–water partition coefficient (Wildman–Crippen LogP) is 4.24. The lowest BCUT2D eigenvalue weighted by molar-refractivity contribution is -0.141. The molecule has 0 spiro atoms. The molecular formula is C22H21N3O2. The number of carbonyl (C=O) groups is 1. The lowest BCUT2D eigenvalue weighted by Crippen LogP contribution is -2.39. The Morgan fingerprint density at radius 3 is 2.89 bits per heavy atom. The molecule has 3 aromatic rings. The molecule has 0 aliphatic carbocycles. The number of carboxylic acids is 1. The van der Waals surface area contributed by atoms with Crippen LogP contribution in [0.3, 0.4) is 0 Å². The van der Waals surface area contributed by atoms with E-state index in [0.717, 1.165) is 46.4 Å². The largest absolute Gasteiger partial charge is 0.481 e. The van der Waals surface area contributed by atoms with Crippen LogP contribution in [0.2, 0.25) is 0 Å². The Morgan fingerprint density at radius 2 is 2.07 bits per heavy atom. The summed E-state index contributed by atoms with van der Waals surface area (Å²) in [6, 6.07) is 14.2. The number of aromatic nitrogens is 2. The third kappa shape index (κ3) is 3.28. The summed E-state index contributed by atoms with van der Waals surface area (Å²) in [6.45, 7) is 5.13. The van der Waals surface area contributed by atoms with Gasteiger partial charge in [-0.05, 0) is 41.7 Å². The summed E-state index contributed by atoms with van der Waals surface area (Å²) in [6.07, 6.45) is 4.94. The molecule has 0 bridgehead atoms. The van der Waals surface area contributed by atoms with E-state index in [9.17, 15) is 9.90 Å². The Labute approximate surface area is 158 Å². The van der Waals surface area contributed by atoms with Gasteiger partial charge in [0.25, 0.3) is 0 Å². The van der Waals surface area contributed by atoms with E-state index in [-0.39, 0.29) is 5.92 Å². The smallest absolute Gasteiger partial charge is 0.308 e. The normalized spacial score (nSPS) is 17.0. The highest BCUT2D eigenvalue weighted by atomic mass is 16.4. The van der Waals surface area contributed by atoms with Crippen LogP contribution in [-0.2, 0) is 4.79 Å². The lowest BCUT2D eigenvalue weighted by Gasteiger charge is -2.32. The van der Waals surface area contributed by atoms with Crippen LogP contribution in [0.5, 0.6) is 0 Å². The van der Waals surface area contributed by atoms with Crippen molar-refractivity contribution in [2.24, 2.45) is 5.92 Å². The van der Waals surface area contributed by atoms with Crippen molar-refractivity contribution in [1.29, 1.82) is 0 Å². The molecule has 1 atom stereocenters. The van der Waals surface area contributed by atoms with E-state index in [1.165, 1.54) is 0 Å². The fourth-order valence-electron chi connectivity index (χ4n) is 3.78. The van der Waals surface area contributed by atoms with E-state index in [0.29, 0.717) is 13.0 Å². The van der Waals surface area contributed by atoms with Gasteiger partial charge in [-0.2, -0.15) is 0 Å². The van der Waals surface area contributed by atoms with E-state index in [2.05, 4.69) is 39.6 Å². The van der Waals surface area contributed by atoms with Gasteiger partial charge in [0.2, 0.25) is 0 Å². The number of rotatable bonds is 4. The topological polar surface area (TPSA) is 66.3 Å². The van der Waals surface area contributed by atoms with E-state index >= 15 is 0 Å². The highest BCUT2D eigenvalue weighted by molar-refractivity contribution is 6.02. The average Bonchev–Trinajstić information content (AvgIpc) is 2.73. The zero-order valence-electron chi connectivity index (χ0n) is 15.0. The van der Waals surface area contributed by atoms with Crippen molar-refractivity contribution in [2.75, 3.05) is 18.0 Å². The molecule has 2 heterocycles. The predicted molar refractivity (Wildman–Crippen MR) is 108 cm³/mol. The summed E-state index contributed by atoms with van der Waals surface area (Å²) >= 11 is 0. The second kappa shape index (κ2) is 7.19. The van der Waals surface area contributed by atoms with E-state index in [1.54, 1.807) is 6.33 Å². The Bertz CT molecular complexity index is 1010. The molecule has 0 radical (unpaired) electrons. The molecular weight excluding hydrogens is 338 g/mol. The number of fused-ring (bicyclic) bond motifs is 1. The van der Waals surface area contributed by atoms with Crippen LogP contribution in [0.4, 0.5) is 5.82 Å². The molecule has 0 amide bonds. The van der Waals surface area contributed by atoms with Gasteiger partial charge in [0, 0.05) is 13.1 Å². The highest BCUT2D eigenvalue weighted by Gasteiger charge is 2.27. The van der Waals surface area contributed by atoms with Gasteiger partial charge in [-0.1, -0.05) is 43.0 Å². The van der Waals surface area contributed by atoms with Gasteiger partial charge >= 0.3 is 5.97 Å². The van der Waals surface area contributed by atoms with Crippen molar-refractivity contribution < 1.29 is 9.90 Å². The minimum Gasteiger partial charge on any atom is -0.481 e. The molecule has 1 aliphatic rings. The number of hydrogen-bond acceptors (Lipinski definition) is 4. The maximum Gasteiger partial charge on any atom is 0.308 e. The quantitative estimate of drug-likeness (QED) is 0.755. The van der Waals surface area contributed by atoms with E-state index in [4.69, 9.17) is 0 Å². The molecule has 1 fully saturated rings. The van der Waals surface area contributed by atoms with Crippen molar-refractivity contribution in [3.8, 4) is 11.1 Å². The van der Waals surface area contributed by atoms with Crippen molar-refractivity contribution in [1.82, 2.24) is 9.97 Å². The number of piperidine rings is 1. The molecule has 0 saturated carbocycles. The summed E-state index contributed by atoms with van der Waals surface area (Å²) in [4.78, 5) is 22.6. The van der Waals surface area contributed by atoms with Gasteiger partial charge in [-0.15, -0.1) is 0 Å². The first kappa shape index (κ1) is 17.2. The van der Waals surface area contributed by atoms with Crippen LogP contribution >= 0.6 is 0 Å². The van der Waals surface area contributed by atoms with Crippen LogP contribution in [-0.4, -0.2) is 34.1 Å². The van der Waals surface area contributed by atoms with Gasteiger partial charge in [0.05, 0.1) is 16.8 Å². The second-order valence-corrected chi connectivity index (χ2v) is 6.85. The van der Waals surface area contributed by atoms with Gasteiger partial charge in [0.15, 0.2) is 0 Å². The Morgan fingerprint density at radius 1 is 1.22 bits per heavy atom.